The number of hydrogen-bond donors (Lipinski definition) is 1. The third-order valence-corrected chi connectivity index (χ3v) is 3.95. The fourth-order valence-electron chi connectivity index (χ4n) is 1.73. The van der Waals surface area contributed by atoms with Crippen LogP contribution in [-0.4, -0.2) is 25.5 Å². The van der Waals surface area contributed by atoms with Crippen LogP contribution in [0.1, 0.15) is 10.5 Å². The van der Waals surface area contributed by atoms with Crippen LogP contribution in [0.15, 0.2) is 27.3 Å². The van der Waals surface area contributed by atoms with Gasteiger partial charge in [-0.05, 0) is 31.9 Å². The predicted octanol–water partition coefficient (Wildman–Crippen LogP) is 3.01. The molecule has 120 valence electrons. The van der Waals surface area contributed by atoms with Gasteiger partial charge in [-0.3, -0.25) is 29.7 Å². The van der Waals surface area contributed by atoms with Crippen molar-refractivity contribution in [2.75, 3.05) is 5.32 Å². The van der Waals surface area contributed by atoms with Crippen molar-refractivity contribution < 1.29 is 14.6 Å². The minimum absolute atomic E-state index is 0.189. The molecule has 0 aliphatic heterocycles. The van der Waals surface area contributed by atoms with Gasteiger partial charge >= 0.3 is 5.69 Å². The molecule has 0 saturated carbocycles. The van der Waals surface area contributed by atoms with E-state index in [0.717, 1.165) is 10.9 Å². The molecule has 10 nitrogen and oxygen atoms in total. The molecule has 0 spiro atoms. The van der Waals surface area contributed by atoms with Crippen LogP contribution >= 0.6 is 31.9 Å². The van der Waals surface area contributed by atoms with E-state index >= 15 is 0 Å². The van der Waals surface area contributed by atoms with Gasteiger partial charge in [-0.2, -0.15) is 5.10 Å². The number of non-ortho nitro benzene ring substituents is 1. The summed E-state index contributed by atoms with van der Waals surface area (Å²) in [7, 11) is 1.45. The largest absolute Gasteiger partial charge is 0.320 e. The smallest absolute Gasteiger partial charge is 0.318 e. The zero-order valence-corrected chi connectivity index (χ0v) is 14.5. The van der Waals surface area contributed by atoms with Crippen LogP contribution in [0.4, 0.5) is 17.1 Å². The number of benzene rings is 1. The van der Waals surface area contributed by atoms with Crippen molar-refractivity contribution >= 4 is 54.8 Å². The molecule has 1 aromatic heterocycles. The van der Waals surface area contributed by atoms with Crippen LogP contribution in [0.2, 0.25) is 0 Å². The van der Waals surface area contributed by atoms with Crippen LogP contribution < -0.4 is 5.32 Å². The van der Waals surface area contributed by atoms with E-state index in [9.17, 15) is 25.0 Å². The number of aryl methyl sites for hydroxylation is 1. The van der Waals surface area contributed by atoms with Gasteiger partial charge in [0.25, 0.3) is 11.6 Å². The maximum absolute atomic E-state index is 12.2. The van der Waals surface area contributed by atoms with Crippen LogP contribution in [0.25, 0.3) is 0 Å². The Bertz CT molecular complexity index is 811. The molecule has 1 aromatic carbocycles. The molecule has 12 heteroatoms. The van der Waals surface area contributed by atoms with Gasteiger partial charge in [0.1, 0.15) is 6.20 Å². The number of nitro benzene ring substituents is 1. The second-order valence-electron chi connectivity index (χ2n) is 4.29. The number of carbonyl (C=O) groups is 1. The SMILES string of the molecule is Cn1cc([N+](=O)[O-])c(C(=O)Nc2c(Br)cc([N+](=O)[O-])cc2Br)n1. The number of halogens is 2. The summed E-state index contributed by atoms with van der Waals surface area (Å²) in [6, 6.07) is 2.40. The lowest BCUT2D eigenvalue weighted by molar-refractivity contribution is -0.385. The Hall–Kier alpha value is -2.34. The van der Waals surface area contributed by atoms with E-state index in [-0.39, 0.29) is 26.0 Å². The van der Waals surface area contributed by atoms with Crippen LogP contribution in [0.3, 0.4) is 0 Å². The maximum Gasteiger partial charge on any atom is 0.320 e. The van der Waals surface area contributed by atoms with E-state index in [1.807, 2.05) is 0 Å². The molecule has 1 N–H and O–H groups in total. The highest BCUT2D eigenvalue weighted by Crippen LogP contribution is 2.35. The highest BCUT2D eigenvalue weighted by Gasteiger charge is 2.26. The first-order valence-electron chi connectivity index (χ1n) is 5.83. The standard InChI is InChI=1S/C11H7Br2N5O5/c1-16-4-8(18(22)23)10(15-16)11(19)14-9-6(12)2-5(17(20)21)3-7(9)13/h2-4H,1H3,(H,14,19). The normalized spacial score (nSPS) is 10.4. The lowest BCUT2D eigenvalue weighted by Gasteiger charge is -2.08. The predicted molar refractivity (Wildman–Crippen MR) is 86.3 cm³/mol. The van der Waals surface area contributed by atoms with Gasteiger partial charge in [0.05, 0.1) is 15.5 Å². The average molecular weight is 449 g/mol. The van der Waals surface area contributed by atoms with Gasteiger partial charge in [0.15, 0.2) is 0 Å². The van der Waals surface area contributed by atoms with Gasteiger partial charge in [-0.1, -0.05) is 0 Å². The Morgan fingerprint density at radius 2 is 1.78 bits per heavy atom. The highest BCUT2D eigenvalue weighted by molar-refractivity contribution is 9.11. The van der Waals surface area contributed by atoms with E-state index in [1.54, 1.807) is 0 Å². The molecule has 0 radical (unpaired) electrons. The summed E-state index contributed by atoms with van der Waals surface area (Å²) >= 11 is 6.22. The molecule has 0 bridgehead atoms. The first kappa shape index (κ1) is 17.0. The Morgan fingerprint density at radius 3 is 2.26 bits per heavy atom. The molecule has 23 heavy (non-hydrogen) atoms. The molecule has 0 unspecified atom stereocenters. The van der Waals surface area contributed by atoms with Crippen molar-refractivity contribution in [3.05, 3.63) is 53.2 Å². The van der Waals surface area contributed by atoms with E-state index in [2.05, 4.69) is 42.3 Å². The van der Waals surface area contributed by atoms with Crippen molar-refractivity contribution in [2.24, 2.45) is 7.05 Å². The molecule has 0 aliphatic rings. The summed E-state index contributed by atoms with van der Waals surface area (Å²) in [5.74, 6) is -0.812. The quantitative estimate of drug-likeness (QED) is 0.564. The third kappa shape index (κ3) is 3.53. The molecule has 0 fully saturated rings. The summed E-state index contributed by atoms with van der Waals surface area (Å²) in [4.78, 5) is 32.6. The van der Waals surface area contributed by atoms with Gasteiger partial charge in [0, 0.05) is 28.1 Å². The van der Waals surface area contributed by atoms with E-state index in [4.69, 9.17) is 0 Å². The highest BCUT2D eigenvalue weighted by atomic mass is 79.9. The van der Waals surface area contributed by atoms with Crippen molar-refractivity contribution in [1.82, 2.24) is 9.78 Å². The lowest BCUT2D eigenvalue weighted by atomic mass is 10.2. The van der Waals surface area contributed by atoms with Crippen LogP contribution in [-0.2, 0) is 7.05 Å². The zero-order chi connectivity index (χ0) is 17.3. The zero-order valence-electron chi connectivity index (χ0n) is 11.3. The summed E-state index contributed by atoms with van der Waals surface area (Å²) < 4.78 is 1.63. The number of nitrogens with one attached hydrogen (secondary N) is 1. The Morgan fingerprint density at radius 1 is 1.22 bits per heavy atom. The molecule has 2 aromatic rings. The van der Waals surface area contributed by atoms with E-state index < -0.39 is 21.4 Å². The number of aromatic nitrogens is 2. The van der Waals surface area contributed by atoms with Gasteiger partial charge < -0.3 is 5.32 Å². The van der Waals surface area contributed by atoms with Gasteiger partial charge in [-0.15, -0.1) is 0 Å². The molecule has 1 amide bonds. The van der Waals surface area contributed by atoms with E-state index in [0.29, 0.717) is 0 Å². The van der Waals surface area contributed by atoms with Crippen molar-refractivity contribution in [1.29, 1.82) is 0 Å². The summed E-state index contributed by atoms with van der Waals surface area (Å²) in [5, 5.41) is 27.9. The molecular weight excluding hydrogens is 442 g/mol. The minimum Gasteiger partial charge on any atom is -0.318 e. The van der Waals surface area contributed by atoms with Crippen LogP contribution in [0, 0.1) is 20.2 Å². The summed E-state index contributed by atoms with van der Waals surface area (Å²) in [6.07, 6.45) is 1.11. The molecule has 0 aliphatic carbocycles. The third-order valence-electron chi connectivity index (χ3n) is 2.70. The molecular formula is C11H7Br2N5O5. The monoisotopic (exact) mass is 447 g/mol. The van der Waals surface area contributed by atoms with Crippen LogP contribution in [0.5, 0.6) is 0 Å². The maximum atomic E-state index is 12.2. The fourth-order valence-corrected chi connectivity index (χ4v) is 3.09. The van der Waals surface area contributed by atoms with Gasteiger partial charge in [0.2, 0.25) is 5.69 Å². The Labute approximate surface area is 145 Å². The van der Waals surface area contributed by atoms with Crippen molar-refractivity contribution in [3.63, 3.8) is 0 Å². The number of nitro groups is 2. The number of nitrogens with zero attached hydrogens (tertiary/aromatic N) is 4. The Kier molecular flexibility index (Phi) is 4.75. The number of hydrogen-bond acceptors (Lipinski definition) is 6. The number of anilines is 1. The van der Waals surface area contributed by atoms with Crippen molar-refractivity contribution in [3.8, 4) is 0 Å². The second-order valence-corrected chi connectivity index (χ2v) is 6.00. The number of rotatable bonds is 4. The van der Waals surface area contributed by atoms with E-state index in [1.165, 1.54) is 19.2 Å². The summed E-state index contributed by atoms with van der Waals surface area (Å²) in [6.45, 7) is 0. The first-order chi connectivity index (χ1) is 10.7. The number of carbonyl (C=O) groups excluding carboxylic acids is 1. The molecule has 1 heterocycles. The number of amides is 1. The topological polar surface area (TPSA) is 133 Å². The molecule has 2 rings (SSSR count). The van der Waals surface area contributed by atoms with Gasteiger partial charge in [-0.25, -0.2) is 0 Å². The summed E-state index contributed by atoms with van der Waals surface area (Å²) in [5.41, 5.74) is -0.806. The second kappa shape index (κ2) is 6.42. The molecule has 0 atom stereocenters. The average Bonchev–Trinajstić information content (AvgIpc) is 2.84. The minimum atomic E-state index is -0.812. The lowest BCUT2D eigenvalue weighted by Crippen LogP contribution is -2.15. The fraction of sp³-hybridized carbons (Fsp3) is 0.0909. The Balaban J connectivity index is 2.38. The van der Waals surface area contributed by atoms with Crippen molar-refractivity contribution in [2.45, 2.75) is 0 Å². The first-order valence-corrected chi connectivity index (χ1v) is 7.42. The molecule has 0 saturated heterocycles.